The van der Waals surface area contributed by atoms with Crippen LogP contribution in [0.15, 0.2) is 30.3 Å². The molecule has 1 saturated heterocycles. The van der Waals surface area contributed by atoms with Crippen LogP contribution in [0, 0.1) is 0 Å². The van der Waals surface area contributed by atoms with Gasteiger partial charge in [-0.05, 0) is 44.4 Å². The molecule has 3 atom stereocenters. The van der Waals surface area contributed by atoms with Crippen molar-refractivity contribution in [3.05, 3.63) is 35.9 Å². The summed E-state index contributed by atoms with van der Waals surface area (Å²) in [7, 11) is 0. The summed E-state index contributed by atoms with van der Waals surface area (Å²) in [5.74, 6) is 0.598. The Bertz CT molecular complexity index is 542. The van der Waals surface area contributed by atoms with E-state index in [1.165, 1.54) is 0 Å². The molecule has 1 aromatic rings. The van der Waals surface area contributed by atoms with Crippen molar-refractivity contribution in [2.24, 2.45) is 0 Å². The number of amides is 2. The topological polar surface area (TPSA) is 58.6 Å². The molecule has 0 unspecified atom stereocenters. The molecular formula is C18H26N2O3S. The highest BCUT2D eigenvalue weighted by molar-refractivity contribution is 7.98. The van der Waals surface area contributed by atoms with Crippen molar-refractivity contribution in [2.45, 2.75) is 38.5 Å². The zero-order valence-corrected chi connectivity index (χ0v) is 15.3. The molecule has 1 fully saturated rings. The Morgan fingerprint density at radius 3 is 2.46 bits per heavy atom. The van der Waals surface area contributed by atoms with Gasteiger partial charge >= 0.3 is 0 Å². The van der Waals surface area contributed by atoms with Gasteiger partial charge in [0, 0.05) is 18.7 Å². The lowest BCUT2D eigenvalue weighted by molar-refractivity contribution is -0.145. The van der Waals surface area contributed by atoms with E-state index in [1.54, 1.807) is 23.9 Å². The van der Waals surface area contributed by atoms with Crippen molar-refractivity contribution in [1.82, 2.24) is 10.2 Å². The van der Waals surface area contributed by atoms with E-state index < -0.39 is 6.04 Å². The molecule has 5 nitrogen and oxygen atoms in total. The van der Waals surface area contributed by atoms with E-state index in [0.717, 1.165) is 5.75 Å². The largest absolute Gasteiger partial charge is 0.372 e. The molecule has 0 radical (unpaired) electrons. The smallest absolute Gasteiger partial charge is 0.251 e. The minimum atomic E-state index is -0.498. The molecular weight excluding hydrogens is 324 g/mol. The first kappa shape index (κ1) is 18.8. The summed E-state index contributed by atoms with van der Waals surface area (Å²) in [6.07, 6.45) is 2.66. The fourth-order valence-corrected chi connectivity index (χ4v) is 3.37. The second kappa shape index (κ2) is 9.08. The van der Waals surface area contributed by atoms with Gasteiger partial charge in [-0.3, -0.25) is 9.59 Å². The van der Waals surface area contributed by atoms with Crippen molar-refractivity contribution in [2.75, 3.05) is 25.1 Å². The molecule has 0 aromatic heterocycles. The summed E-state index contributed by atoms with van der Waals surface area (Å²) in [5, 5.41) is 2.91. The van der Waals surface area contributed by atoms with Crippen LogP contribution in [-0.2, 0) is 9.53 Å². The van der Waals surface area contributed by atoms with Crippen molar-refractivity contribution in [3.63, 3.8) is 0 Å². The van der Waals surface area contributed by atoms with Crippen LogP contribution in [0.2, 0.25) is 0 Å². The molecule has 0 bridgehead atoms. The molecule has 1 heterocycles. The summed E-state index contributed by atoms with van der Waals surface area (Å²) in [4.78, 5) is 27.1. The molecule has 0 aliphatic carbocycles. The Morgan fingerprint density at radius 2 is 1.88 bits per heavy atom. The number of carbonyl (C=O) groups is 2. The lowest BCUT2D eigenvalue weighted by Gasteiger charge is -2.37. The number of ether oxygens (including phenoxy) is 1. The first-order valence-corrected chi connectivity index (χ1v) is 9.69. The Kier molecular flexibility index (Phi) is 7.12. The molecule has 2 rings (SSSR count). The second-order valence-corrected chi connectivity index (χ2v) is 7.16. The maximum atomic E-state index is 12.9. The standard InChI is InChI=1S/C18H26N2O3S/c1-13-11-20(12-14(2)23-13)18(22)16(9-10-24-3)19-17(21)15-7-5-4-6-8-15/h4-8,13-14,16H,9-12H2,1-3H3,(H,19,21)/t13-,14-,16+/m0/s1. The van der Waals surface area contributed by atoms with Crippen molar-refractivity contribution in [1.29, 1.82) is 0 Å². The van der Waals surface area contributed by atoms with E-state index in [0.29, 0.717) is 25.1 Å². The number of nitrogens with zero attached hydrogens (tertiary/aromatic N) is 1. The minimum Gasteiger partial charge on any atom is -0.372 e. The molecule has 132 valence electrons. The molecule has 24 heavy (non-hydrogen) atoms. The van der Waals surface area contributed by atoms with Gasteiger partial charge in [0.15, 0.2) is 0 Å². The van der Waals surface area contributed by atoms with Gasteiger partial charge in [0.25, 0.3) is 5.91 Å². The van der Waals surface area contributed by atoms with Crippen LogP contribution in [0.4, 0.5) is 0 Å². The van der Waals surface area contributed by atoms with Crippen LogP contribution in [0.25, 0.3) is 0 Å². The van der Waals surface area contributed by atoms with E-state index >= 15 is 0 Å². The predicted molar refractivity (Wildman–Crippen MR) is 97.3 cm³/mol. The third-order valence-corrected chi connectivity index (χ3v) is 4.63. The van der Waals surface area contributed by atoms with Crippen LogP contribution in [0.1, 0.15) is 30.6 Å². The van der Waals surface area contributed by atoms with Gasteiger partial charge in [0.1, 0.15) is 6.04 Å². The van der Waals surface area contributed by atoms with Crippen LogP contribution >= 0.6 is 11.8 Å². The number of morpholine rings is 1. The number of nitrogens with one attached hydrogen (secondary N) is 1. The Morgan fingerprint density at radius 1 is 1.25 bits per heavy atom. The Balaban J connectivity index is 2.06. The lowest BCUT2D eigenvalue weighted by atomic mass is 10.1. The summed E-state index contributed by atoms with van der Waals surface area (Å²) < 4.78 is 5.69. The number of hydrogen-bond acceptors (Lipinski definition) is 4. The van der Waals surface area contributed by atoms with E-state index in [-0.39, 0.29) is 24.0 Å². The predicted octanol–water partition coefficient (Wildman–Crippen LogP) is 2.17. The summed E-state index contributed by atoms with van der Waals surface area (Å²) in [5.41, 5.74) is 0.572. The number of hydrogen-bond donors (Lipinski definition) is 1. The third-order valence-electron chi connectivity index (χ3n) is 3.98. The number of benzene rings is 1. The second-order valence-electron chi connectivity index (χ2n) is 6.17. The molecule has 1 aliphatic heterocycles. The normalized spacial score (nSPS) is 22.0. The summed E-state index contributed by atoms with van der Waals surface area (Å²) in [6.45, 7) is 5.07. The first-order valence-electron chi connectivity index (χ1n) is 8.30. The van der Waals surface area contributed by atoms with Gasteiger partial charge in [0.2, 0.25) is 5.91 Å². The van der Waals surface area contributed by atoms with Gasteiger partial charge in [-0.15, -0.1) is 0 Å². The Labute approximate surface area is 148 Å². The van der Waals surface area contributed by atoms with Gasteiger partial charge < -0.3 is 15.0 Å². The van der Waals surface area contributed by atoms with Crippen molar-refractivity contribution in [3.8, 4) is 0 Å². The fourth-order valence-electron chi connectivity index (χ4n) is 2.90. The number of rotatable bonds is 6. The van der Waals surface area contributed by atoms with E-state index in [4.69, 9.17) is 4.74 Å². The highest BCUT2D eigenvalue weighted by atomic mass is 32.2. The van der Waals surface area contributed by atoms with Crippen LogP contribution < -0.4 is 5.32 Å². The van der Waals surface area contributed by atoms with Crippen LogP contribution in [0.3, 0.4) is 0 Å². The lowest BCUT2D eigenvalue weighted by Crippen LogP contribution is -2.55. The van der Waals surface area contributed by atoms with Gasteiger partial charge in [-0.25, -0.2) is 0 Å². The fraction of sp³-hybridized carbons (Fsp3) is 0.556. The van der Waals surface area contributed by atoms with E-state index in [1.807, 2.05) is 43.2 Å². The first-order chi connectivity index (χ1) is 11.5. The van der Waals surface area contributed by atoms with E-state index in [9.17, 15) is 9.59 Å². The zero-order valence-electron chi connectivity index (χ0n) is 14.5. The molecule has 1 N–H and O–H groups in total. The van der Waals surface area contributed by atoms with Gasteiger partial charge in [-0.2, -0.15) is 11.8 Å². The maximum absolute atomic E-state index is 12.9. The molecule has 0 spiro atoms. The molecule has 1 aromatic carbocycles. The summed E-state index contributed by atoms with van der Waals surface area (Å²) in [6, 6.07) is 8.51. The zero-order chi connectivity index (χ0) is 17.5. The van der Waals surface area contributed by atoms with Crippen LogP contribution in [0.5, 0.6) is 0 Å². The third kappa shape index (κ3) is 5.24. The average Bonchev–Trinajstić information content (AvgIpc) is 2.57. The molecule has 0 saturated carbocycles. The highest BCUT2D eigenvalue weighted by Gasteiger charge is 2.31. The number of thioether (sulfide) groups is 1. The number of carbonyl (C=O) groups excluding carboxylic acids is 2. The van der Waals surface area contributed by atoms with Crippen LogP contribution in [-0.4, -0.2) is 60.1 Å². The van der Waals surface area contributed by atoms with E-state index in [2.05, 4.69) is 5.32 Å². The molecule has 2 amide bonds. The van der Waals surface area contributed by atoms with Gasteiger partial charge in [0.05, 0.1) is 12.2 Å². The van der Waals surface area contributed by atoms with Crippen molar-refractivity contribution >= 4 is 23.6 Å². The van der Waals surface area contributed by atoms with Crippen molar-refractivity contribution < 1.29 is 14.3 Å². The Hall–Kier alpha value is -1.53. The molecule has 6 heteroatoms. The highest BCUT2D eigenvalue weighted by Crippen LogP contribution is 2.14. The average molecular weight is 350 g/mol. The molecule has 1 aliphatic rings. The SMILES string of the molecule is CSCC[C@@H](NC(=O)c1ccccc1)C(=O)N1C[C@H](C)O[C@@H](C)C1. The van der Waals surface area contributed by atoms with Gasteiger partial charge in [-0.1, -0.05) is 18.2 Å². The minimum absolute atomic E-state index is 0.0173. The quantitative estimate of drug-likeness (QED) is 0.854. The maximum Gasteiger partial charge on any atom is 0.251 e. The summed E-state index contributed by atoms with van der Waals surface area (Å²) >= 11 is 1.67. The monoisotopic (exact) mass is 350 g/mol.